The van der Waals surface area contributed by atoms with Gasteiger partial charge in [-0.25, -0.2) is 5.10 Å². The van der Waals surface area contributed by atoms with Gasteiger partial charge in [-0.1, -0.05) is 17.8 Å². The third kappa shape index (κ3) is 3.92. The van der Waals surface area contributed by atoms with Gasteiger partial charge in [0.05, 0.1) is 10.2 Å². The maximum Gasteiger partial charge on any atom is 0.271 e. The second-order valence-electron chi connectivity index (χ2n) is 4.06. The number of nitrogens with two attached hydrogens (primary N) is 1. The molecule has 1 aromatic carbocycles. The fourth-order valence-electron chi connectivity index (χ4n) is 1.46. The first-order valence-electron chi connectivity index (χ1n) is 5.85. The molecule has 1 heterocycles. The number of thioether (sulfide) groups is 1. The zero-order chi connectivity index (χ0) is 15.4. The summed E-state index contributed by atoms with van der Waals surface area (Å²) in [5, 5.41) is 19.4. The van der Waals surface area contributed by atoms with Gasteiger partial charge in [-0.15, -0.1) is 5.10 Å². The van der Waals surface area contributed by atoms with Gasteiger partial charge in [0.1, 0.15) is 0 Å². The van der Waals surface area contributed by atoms with Crippen molar-refractivity contribution in [1.29, 1.82) is 0 Å². The Labute approximate surface area is 123 Å². The number of hydrogen-bond donors (Lipinski definition) is 3. The molecule has 1 amide bonds. The molecule has 0 aliphatic rings. The van der Waals surface area contributed by atoms with Crippen LogP contribution in [-0.4, -0.2) is 31.3 Å². The van der Waals surface area contributed by atoms with Gasteiger partial charge in [0.25, 0.3) is 5.69 Å². The first kappa shape index (κ1) is 14.8. The molecule has 4 N–H and O–H groups in total. The molecule has 21 heavy (non-hydrogen) atoms. The third-order valence-electron chi connectivity index (χ3n) is 2.46. The van der Waals surface area contributed by atoms with Gasteiger partial charge in [0.15, 0.2) is 0 Å². The first-order valence-corrected chi connectivity index (χ1v) is 6.73. The normalized spacial score (nSPS) is 11.9. The van der Waals surface area contributed by atoms with Crippen molar-refractivity contribution in [2.45, 2.75) is 17.3 Å². The number of carbonyl (C=O) groups excluding carboxylic acids is 1. The maximum atomic E-state index is 12.0. The Bertz CT molecular complexity index is 673. The van der Waals surface area contributed by atoms with Crippen LogP contribution in [0.5, 0.6) is 0 Å². The van der Waals surface area contributed by atoms with Crippen molar-refractivity contribution >= 4 is 35.0 Å². The van der Waals surface area contributed by atoms with E-state index in [-0.39, 0.29) is 17.5 Å². The van der Waals surface area contributed by atoms with Crippen LogP contribution in [-0.2, 0) is 4.79 Å². The van der Waals surface area contributed by atoms with E-state index in [1.54, 1.807) is 13.0 Å². The van der Waals surface area contributed by atoms with E-state index in [0.717, 1.165) is 11.8 Å². The number of nitrogen functional groups attached to an aromatic ring is 1. The van der Waals surface area contributed by atoms with Crippen LogP contribution < -0.4 is 11.1 Å². The van der Waals surface area contributed by atoms with Crippen LogP contribution in [0.1, 0.15) is 6.92 Å². The van der Waals surface area contributed by atoms with E-state index in [2.05, 4.69) is 20.5 Å². The van der Waals surface area contributed by atoms with Gasteiger partial charge in [-0.2, -0.15) is 4.98 Å². The summed E-state index contributed by atoms with van der Waals surface area (Å²) in [4.78, 5) is 26.0. The van der Waals surface area contributed by atoms with Crippen LogP contribution in [0.2, 0.25) is 0 Å². The third-order valence-corrected chi connectivity index (χ3v) is 3.42. The topological polar surface area (TPSA) is 140 Å². The number of hydrogen-bond acceptors (Lipinski definition) is 7. The van der Waals surface area contributed by atoms with Crippen LogP contribution in [0.4, 0.5) is 17.3 Å². The molecule has 9 nitrogen and oxygen atoms in total. The van der Waals surface area contributed by atoms with E-state index in [1.165, 1.54) is 18.2 Å². The number of non-ortho nitro benzene ring substituents is 1. The predicted octanol–water partition coefficient (Wildman–Crippen LogP) is 1.41. The standard InChI is InChI=1S/C11H12N6O3S/c1-6(21-11-14-10(12)15-16-11)9(18)13-7-3-2-4-8(5-7)17(19)20/h2-6H,1H3,(H,13,18)(H3,12,14,15,16)/t6-/m0/s1. The number of carbonyl (C=O) groups is 1. The van der Waals surface area contributed by atoms with Gasteiger partial charge < -0.3 is 11.1 Å². The average Bonchev–Trinajstić information content (AvgIpc) is 2.84. The molecule has 2 aromatic rings. The minimum atomic E-state index is -0.524. The molecule has 0 aliphatic carbocycles. The molecular formula is C11H12N6O3S. The number of rotatable bonds is 5. The number of H-pyrrole nitrogens is 1. The predicted molar refractivity (Wildman–Crippen MR) is 77.8 cm³/mol. The lowest BCUT2D eigenvalue weighted by atomic mass is 10.2. The summed E-state index contributed by atoms with van der Waals surface area (Å²) in [6, 6.07) is 5.72. The molecule has 1 atom stereocenters. The Hall–Kier alpha value is -2.62. The lowest BCUT2D eigenvalue weighted by Gasteiger charge is -2.09. The highest BCUT2D eigenvalue weighted by molar-refractivity contribution is 8.00. The van der Waals surface area contributed by atoms with E-state index in [0.29, 0.717) is 10.8 Å². The summed E-state index contributed by atoms with van der Waals surface area (Å²) in [6.45, 7) is 1.67. The molecular weight excluding hydrogens is 296 g/mol. The Morgan fingerprint density at radius 1 is 1.57 bits per heavy atom. The van der Waals surface area contributed by atoms with Gasteiger partial charge in [-0.3, -0.25) is 14.9 Å². The van der Waals surface area contributed by atoms with E-state index >= 15 is 0 Å². The minimum Gasteiger partial charge on any atom is -0.368 e. The Morgan fingerprint density at radius 3 is 2.95 bits per heavy atom. The zero-order valence-corrected chi connectivity index (χ0v) is 11.8. The molecule has 2 rings (SSSR count). The fourth-order valence-corrected chi connectivity index (χ4v) is 2.20. The highest BCUT2D eigenvalue weighted by atomic mass is 32.2. The van der Waals surface area contributed by atoms with Crippen LogP contribution in [0.3, 0.4) is 0 Å². The number of aromatic amines is 1. The van der Waals surface area contributed by atoms with Crippen molar-refractivity contribution in [2.24, 2.45) is 0 Å². The number of nitrogens with one attached hydrogen (secondary N) is 2. The van der Waals surface area contributed by atoms with Crippen molar-refractivity contribution in [3.63, 3.8) is 0 Å². The number of anilines is 2. The van der Waals surface area contributed by atoms with Gasteiger partial charge in [0, 0.05) is 17.8 Å². The second kappa shape index (κ2) is 6.22. The second-order valence-corrected chi connectivity index (χ2v) is 5.37. The van der Waals surface area contributed by atoms with Gasteiger partial charge in [0.2, 0.25) is 17.0 Å². The monoisotopic (exact) mass is 308 g/mol. The van der Waals surface area contributed by atoms with Crippen molar-refractivity contribution in [3.8, 4) is 0 Å². The molecule has 10 heteroatoms. The van der Waals surface area contributed by atoms with E-state index in [9.17, 15) is 14.9 Å². The highest BCUT2D eigenvalue weighted by Gasteiger charge is 2.17. The van der Waals surface area contributed by atoms with Gasteiger partial charge >= 0.3 is 0 Å². The number of aromatic nitrogens is 3. The summed E-state index contributed by atoms with van der Waals surface area (Å²) in [5.41, 5.74) is 5.66. The molecule has 110 valence electrons. The van der Waals surface area contributed by atoms with Crippen molar-refractivity contribution < 1.29 is 9.72 Å². The maximum absolute atomic E-state index is 12.0. The average molecular weight is 308 g/mol. The summed E-state index contributed by atoms with van der Waals surface area (Å²) >= 11 is 1.12. The Kier molecular flexibility index (Phi) is 4.38. The Balaban J connectivity index is 2.00. The zero-order valence-electron chi connectivity index (χ0n) is 10.9. The van der Waals surface area contributed by atoms with Crippen molar-refractivity contribution in [1.82, 2.24) is 15.2 Å². The van der Waals surface area contributed by atoms with Crippen LogP contribution in [0.25, 0.3) is 0 Å². The molecule has 1 aromatic heterocycles. The molecule has 0 aliphatic heterocycles. The molecule has 0 saturated carbocycles. The molecule has 0 radical (unpaired) electrons. The summed E-state index contributed by atoms with van der Waals surface area (Å²) < 4.78 is 0. The Morgan fingerprint density at radius 2 is 2.33 bits per heavy atom. The van der Waals surface area contributed by atoms with Crippen LogP contribution in [0.15, 0.2) is 29.4 Å². The van der Waals surface area contributed by atoms with Crippen LogP contribution >= 0.6 is 11.8 Å². The van der Waals surface area contributed by atoms with E-state index < -0.39 is 10.2 Å². The fraction of sp³-hybridized carbons (Fsp3) is 0.182. The van der Waals surface area contributed by atoms with E-state index in [4.69, 9.17) is 5.73 Å². The van der Waals surface area contributed by atoms with E-state index in [1.807, 2.05) is 0 Å². The van der Waals surface area contributed by atoms with Gasteiger partial charge in [-0.05, 0) is 13.0 Å². The number of amides is 1. The highest BCUT2D eigenvalue weighted by Crippen LogP contribution is 2.22. The SMILES string of the molecule is C[C@H](Sc1n[nH]c(N)n1)C(=O)Nc1cccc([N+](=O)[O-])c1. The molecule has 0 saturated heterocycles. The number of nitrogens with zero attached hydrogens (tertiary/aromatic N) is 3. The number of nitro benzene ring substituents is 1. The lowest BCUT2D eigenvalue weighted by molar-refractivity contribution is -0.384. The molecule has 0 bridgehead atoms. The number of nitro groups is 1. The summed E-state index contributed by atoms with van der Waals surface area (Å²) in [6.07, 6.45) is 0. The molecule has 0 unspecified atom stereocenters. The van der Waals surface area contributed by atoms with Crippen LogP contribution in [0, 0.1) is 10.1 Å². The minimum absolute atomic E-state index is 0.0881. The van der Waals surface area contributed by atoms with Crippen molar-refractivity contribution in [3.05, 3.63) is 34.4 Å². The first-order chi connectivity index (χ1) is 9.95. The smallest absolute Gasteiger partial charge is 0.271 e. The lowest BCUT2D eigenvalue weighted by Crippen LogP contribution is -2.22. The quantitative estimate of drug-likeness (QED) is 0.431. The summed E-state index contributed by atoms with van der Waals surface area (Å²) in [5.74, 6) is -0.146. The summed E-state index contributed by atoms with van der Waals surface area (Å²) in [7, 11) is 0. The largest absolute Gasteiger partial charge is 0.368 e. The molecule has 0 spiro atoms. The number of benzene rings is 1. The van der Waals surface area contributed by atoms with Crippen molar-refractivity contribution in [2.75, 3.05) is 11.1 Å². The molecule has 0 fully saturated rings.